The zero-order valence-electron chi connectivity index (χ0n) is 10.8. The Hall–Kier alpha value is -2.43. The van der Waals surface area contributed by atoms with Crippen molar-refractivity contribution >= 4 is 17.5 Å². The lowest BCUT2D eigenvalue weighted by Gasteiger charge is -2.09. The normalized spacial score (nSPS) is 10.5. The van der Waals surface area contributed by atoms with Crippen molar-refractivity contribution in [3.8, 4) is 0 Å². The van der Waals surface area contributed by atoms with Gasteiger partial charge in [0.05, 0.1) is 12.4 Å². The predicted octanol–water partition coefficient (Wildman–Crippen LogP) is 3.04. The summed E-state index contributed by atoms with van der Waals surface area (Å²) in [5.41, 5.74) is 1.99. The summed E-state index contributed by atoms with van der Waals surface area (Å²) < 4.78 is 0. The van der Waals surface area contributed by atoms with Crippen molar-refractivity contribution in [1.82, 2.24) is 9.97 Å². The molecule has 2 N–H and O–H groups in total. The van der Waals surface area contributed by atoms with Crippen LogP contribution in [0.4, 0.5) is 11.5 Å². The summed E-state index contributed by atoms with van der Waals surface area (Å²) in [4.78, 5) is 18.6. The quantitative estimate of drug-likeness (QED) is 0.880. The third-order valence-corrected chi connectivity index (χ3v) is 2.68. The van der Waals surface area contributed by atoms with Crippen LogP contribution in [0.25, 0.3) is 0 Å². The number of carboxylic acids is 1. The maximum absolute atomic E-state index is 10.8. The van der Waals surface area contributed by atoms with Crippen molar-refractivity contribution < 1.29 is 9.90 Å². The molecule has 0 aliphatic heterocycles. The fraction of sp³-hybridized carbons (Fsp3) is 0.214. The molecule has 0 fully saturated rings. The Kier molecular flexibility index (Phi) is 3.75. The van der Waals surface area contributed by atoms with E-state index in [-0.39, 0.29) is 5.69 Å². The number of carbonyl (C=O) groups is 1. The summed E-state index contributed by atoms with van der Waals surface area (Å²) in [5.74, 6) is -0.244. The second-order valence-corrected chi connectivity index (χ2v) is 4.50. The number of nitrogens with one attached hydrogen (secondary N) is 1. The molecule has 0 aliphatic carbocycles. The van der Waals surface area contributed by atoms with Crippen LogP contribution in [0.15, 0.2) is 36.7 Å². The third-order valence-electron chi connectivity index (χ3n) is 2.68. The Labute approximate surface area is 111 Å². The Morgan fingerprint density at radius 3 is 2.79 bits per heavy atom. The van der Waals surface area contributed by atoms with Crippen molar-refractivity contribution in [2.45, 2.75) is 19.8 Å². The van der Waals surface area contributed by atoms with Gasteiger partial charge in [0.2, 0.25) is 0 Å². The number of anilines is 2. The standard InChI is InChI=1S/C14H15N3O2/c1-9(2)10-4-3-5-11(6-10)16-13-8-15-7-12(17-13)14(18)19/h3-9H,1-2H3,(H,16,17)(H,18,19). The predicted molar refractivity (Wildman–Crippen MR) is 72.8 cm³/mol. The van der Waals surface area contributed by atoms with E-state index >= 15 is 0 Å². The van der Waals surface area contributed by atoms with E-state index in [4.69, 9.17) is 5.11 Å². The third kappa shape index (κ3) is 3.28. The Bertz CT molecular complexity index is 597. The summed E-state index contributed by atoms with van der Waals surface area (Å²) in [6.45, 7) is 4.23. The molecule has 0 bridgehead atoms. The van der Waals surface area contributed by atoms with Crippen LogP contribution in [-0.4, -0.2) is 21.0 Å². The lowest BCUT2D eigenvalue weighted by Crippen LogP contribution is -2.04. The van der Waals surface area contributed by atoms with Crippen molar-refractivity contribution in [2.75, 3.05) is 5.32 Å². The maximum atomic E-state index is 10.8. The summed E-state index contributed by atoms with van der Waals surface area (Å²) >= 11 is 0. The van der Waals surface area contributed by atoms with Gasteiger partial charge in [-0.2, -0.15) is 0 Å². The second-order valence-electron chi connectivity index (χ2n) is 4.50. The zero-order chi connectivity index (χ0) is 13.8. The van der Waals surface area contributed by atoms with Crippen molar-refractivity contribution in [3.63, 3.8) is 0 Å². The van der Waals surface area contributed by atoms with Crippen LogP contribution in [0.3, 0.4) is 0 Å². The van der Waals surface area contributed by atoms with Gasteiger partial charge in [-0.1, -0.05) is 26.0 Å². The Morgan fingerprint density at radius 1 is 1.32 bits per heavy atom. The van der Waals surface area contributed by atoms with Crippen LogP contribution in [0, 0.1) is 0 Å². The minimum atomic E-state index is -1.09. The van der Waals surface area contributed by atoms with E-state index in [1.807, 2.05) is 18.2 Å². The van der Waals surface area contributed by atoms with Gasteiger partial charge in [-0.25, -0.2) is 9.78 Å². The van der Waals surface area contributed by atoms with E-state index < -0.39 is 5.97 Å². The molecular weight excluding hydrogens is 242 g/mol. The average Bonchev–Trinajstić information content (AvgIpc) is 2.39. The molecule has 5 nitrogen and oxygen atoms in total. The van der Waals surface area contributed by atoms with Crippen molar-refractivity contribution in [3.05, 3.63) is 47.9 Å². The van der Waals surface area contributed by atoms with Crippen LogP contribution in [-0.2, 0) is 0 Å². The molecule has 0 amide bonds. The van der Waals surface area contributed by atoms with E-state index in [1.165, 1.54) is 18.0 Å². The fourth-order valence-corrected chi connectivity index (χ4v) is 1.65. The lowest BCUT2D eigenvalue weighted by molar-refractivity contribution is 0.0690. The number of hydrogen-bond acceptors (Lipinski definition) is 4. The van der Waals surface area contributed by atoms with Crippen molar-refractivity contribution in [1.29, 1.82) is 0 Å². The van der Waals surface area contributed by atoms with Gasteiger partial charge in [0.1, 0.15) is 5.82 Å². The molecular formula is C14H15N3O2. The van der Waals surface area contributed by atoms with Gasteiger partial charge in [-0.05, 0) is 23.6 Å². The van der Waals surface area contributed by atoms with Crippen LogP contribution in [0.2, 0.25) is 0 Å². The summed E-state index contributed by atoms with van der Waals surface area (Å²) in [7, 11) is 0. The van der Waals surface area contributed by atoms with Gasteiger partial charge in [-0.15, -0.1) is 0 Å². The highest BCUT2D eigenvalue weighted by Gasteiger charge is 2.06. The van der Waals surface area contributed by atoms with E-state index in [0.29, 0.717) is 11.7 Å². The zero-order valence-corrected chi connectivity index (χ0v) is 10.8. The van der Waals surface area contributed by atoms with Gasteiger partial charge >= 0.3 is 5.97 Å². The number of aromatic nitrogens is 2. The molecule has 2 aromatic rings. The SMILES string of the molecule is CC(C)c1cccc(Nc2cncc(C(=O)O)n2)c1. The maximum Gasteiger partial charge on any atom is 0.356 e. The molecule has 0 saturated carbocycles. The highest BCUT2D eigenvalue weighted by molar-refractivity contribution is 5.85. The van der Waals surface area contributed by atoms with E-state index in [0.717, 1.165) is 5.69 Å². The number of benzene rings is 1. The molecule has 1 aromatic heterocycles. The lowest BCUT2D eigenvalue weighted by atomic mass is 10.0. The van der Waals surface area contributed by atoms with E-state index in [9.17, 15) is 4.79 Å². The minimum absolute atomic E-state index is 0.0787. The fourth-order valence-electron chi connectivity index (χ4n) is 1.65. The molecule has 5 heteroatoms. The number of carboxylic acid groups (broad SMARTS) is 1. The number of rotatable bonds is 4. The first-order chi connectivity index (χ1) is 9.06. The summed E-state index contributed by atoms with van der Waals surface area (Å²) in [6, 6.07) is 7.92. The first-order valence-corrected chi connectivity index (χ1v) is 5.98. The molecule has 0 aliphatic rings. The van der Waals surface area contributed by atoms with Gasteiger partial charge in [0.25, 0.3) is 0 Å². The number of hydrogen-bond donors (Lipinski definition) is 2. The molecule has 1 heterocycles. The molecule has 19 heavy (non-hydrogen) atoms. The molecule has 0 atom stereocenters. The van der Waals surface area contributed by atoms with Crippen molar-refractivity contribution in [2.24, 2.45) is 0 Å². The van der Waals surface area contributed by atoms with Gasteiger partial charge < -0.3 is 10.4 Å². The first-order valence-electron chi connectivity index (χ1n) is 5.98. The summed E-state index contributed by atoms with van der Waals surface area (Å²) in [5, 5.41) is 11.9. The molecule has 0 radical (unpaired) electrons. The number of nitrogens with zero attached hydrogens (tertiary/aromatic N) is 2. The van der Waals surface area contributed by atoms with Gasteiger partial charge in [0.15, 0.2) is 5.69 Å². The van der Waals surface area contributed by atoms with Crippen LogP contribution < -0.4 is 5.32 Å². The monoisotopic (exact) mass is 257 g/mol. The summed E-state index contributed by atoms with van der Waals surface area (Å²) in [6.07, 6.45) is 2.71. The highest BCUT2D eigenvalue weighted by Crippen LogP contribution is 2.20. The first kappa shape index (κ1) is 13.0. The highest BCUT2D eigenvalue weighted by atomic mass is 16.4. The van der Waals surface area contributed by atoms with Crippen LogP contribution in [0.5, 0.6) is 0 Å². The average molecular weight is 257 g/mol. The molecule has 1 aromatic carbocycles. The minimum Gasteiger partial charge on any atom is -0.476 e. The molecule has 0 spiro atoms. The van der Waals surface area contributed by atoms with Crippen LogP contribution in [0.1, 0.15) is 35.8 Å². The Morgan fingerprint density at radius 2 is 2.11 bits per heavy atom. The van der Waals surface area contributed by atoms with E-state index in [2.05, 4.69) is 35.2 Å². The van der Waals surface area contributed by atoms with E-state index in [1.54, 1.807) is 0 Å². The molecule has 98 valence electrons. The van der Waals surface area contributed by atoms with Crippen LogP contribution >= 0.6 is 0 Å². The molecule has 0 saturated heterocycles. The number of aromatic carboxylic acids is 1. The Balaban J connectivity index is 2.23. The van der Waals surface area contributed by atoms with Gasteiger partial charge in [0, 0.05) is 5.69 Å². The second kappa shape index (κ2) is 5.48. The molecule has 2 rings (SSSR count). The van der Waals surface area contributed by atoms with Gasteiger partial charge in [-0.3, -0.25) is 4.98 Å². The smallest absolute Gasteiger partial charge is 0.356 e. The largest absolute Gasteiger partial charge is 0.476 e. The topological polar surface area (TPSA) is 75.1 Å². The molecule has 0 unspecified atom stereocenters.